The van der Waals surface area contributed by atoms with Gasteiger partial charge in [0, 0.05) is 12.6 Å². The number of hydrogen-bond donors (Lipinski definition) is 2. The molecule has 1 amide bonds. The van der Waals surface area contributed by atoms with Gasteiger partial charge in [0.25, 0.3) is 0 Å². The maximum absolute atomic E-state index is 12.3. The van der Waals surface area contributed by atoms with Crippen LogP contribution in [0.1, 0.15) is 56.6 Å². The van der Waals surface area contributed by atoms with Gasteiger partial charge in [-0.25, -0.2) is 4.98 Å². The Hall–Kier alpha value is -1.88. The Kier molecular flexibility index (Phi) is 4.96. The van der Waals surface area contributed by atoms with Crippen LogP contribution in [0.25, 0.3) is 11.0 Å². The molecule has 1 aliphatic heterocycles. The number of carbonyl (C=O) groups excluding carboxylic acids is 1. The van der Waals surface area contributed by atoms with E-state index in [0.29, 0.717) is 6.04 Å². The van der Waals surface area contributed by atoms with Gasteiger partial charge in [-0.1, -0.05) is 18.6 Å². The topological polar surface area (TPSA) is 72.9 Å². The summed E-state index contributed by atoms with van der Waals surface area (Å²) in [5.41, 5.74) is 8.81. The number of imidazole rings is 1. The molecule has 5 heteroatoms. The van der Waals surface area contributed by atoms with Gasteiger partial charge in [0.05, 0.1) is 23.3 Å². The molecule has 0 bridgehead atoms. The molecule has 2 unspecified atom stereocenters. The Morgan fingerprint density at radius 3 is 3.09 bits per heavy atom. The third-order valence-corrected chi connectivity index (χ3v) is 4.84. The largest absolute Gasteiger partial charge is 0.356 e. The molecule has 0 radical (unpaired) electrons. The molecule has 5 nitrogen and oxygen atoms in total. The number of aromatic nitrogens is 2. The molecule has 2 heterocycles. The summed E-state index contributed by atoms with van der Waals surface area (Å²) >= 11 is 0. The van der Waals surface area contributed by atoms with E-state index in [0.717, 1.165) is 61.8 Å². The summed E-state index contributed by atoms with van der Waals surface area (Å²) in [7, 11) is 0. The summed E-state index contributed by atoms with van der Waals surface area (Å²) in [5.74, 6) is 0.0893. The van der Waals surface area contributed by atoms with E-state index < -0.39 is 0 Å². The SMILES string of the molecule is CC(CCCCN)n1cnc2cccc(C3CCCNC3=O)c21. The lowest BCUT2D eigenvalue weighted by Gasteiger charge is -2.24. The molecule has 3 N–H and O–H groups in total. The fraction of sp³-hybridized carbons (Fsp3) is 0.556. The van der Waals surface area contributed by atoms with E-state index >= 15 is 0 Å². The zero-order valence-corrected chi connectivity index (χ0v) is 13.8. The Balaban J connectivity index is 1.95. The summed E-state index contributed by atoms with van der Waals surface area (Å²) in [6.45, 7) is 3.75. The first-order valence-electron chi connectivity index (χ1n) is 8.65. The van der Waals surface area contributed by atoms with Crippen LogP contribution in [-0.2, 0) is 4.79 Å². The van der Waals surface area contributed by atoms with E-state index in [-0.39, 0.29) is 11.8 Å². The van der Waals surface area contributed by atoms with Crippen LogP contribution >= 0.6 is 0 Å². The highest BCUT2D eigenvalue weighted by Crippen LogP contribution is 2.32. The fourth-order valence-corrected chi connectivity index (χ4v) is 3.52. The van der Waals surface area contributed by atoms with E-state index in [4.69, 9.17) is 5.73 Å². The highest BCUT2D eigenvalue weighted by Gasteiger charge is 2.27. The van der Waals surface area contributed by atoms with Crippen molar-refractivity contribution in [1.29, 1.82) is 0 Å². The lowest BCUT2D eigenvalue weighted by Crippen LogP contribution is -2.35. The van der Waals surface area contributed by atoms with Crippen molar-refractivity contribution in [2.75, 3.05) is 13.1 Å². The van der Waals surface area contributed by atoms with Crippen LogP contribution in [0.15, 0.2) is 24.5 Å². The maximum Gasteiger partial charge on any atom is 0.227 e. The zero-order valence-electron chi connectivity index (χ0n) is 13.8. The number of benzene rings is 1. The van der Waals surface area contributed by atoms with Gasteiger partial charge in [-0.05, 0) is 50.8 Å². The molecule has 1 aliphatic rings. The van der Waals surface area contributed by atoms with Crippen LogP contribution < -0.4 is 11.1 Å². The van der Waals surface area contributed by atoms with Crippen molar-refractivity contribution in [3.8, 4) is 0 Å². The van der Waals surface area contributed by atoms with Crippen molar-refractivity contribution < 1.29 is 4.79 Å². The van der Waals surface area contributed by atoms with Crippen LogP contribution in [0.2, 0.25) is 0 Å². The van der Waals surface area contributed by atoms with E-state index in [1.165, 1.54) is 0 Å². The predicted molar refractivity (Wildman–Crippen MR) is 92.3 cm³/mol. The van der Waals surface area contributed by atoms with Crippen LogP contribution in [0.4, 0.5) is 0 Å². The monoisotopic (exact) mass is 314 g/mol. The van der Waals surface area contributed by atoms with Gasteiger partial charge in [0.2, 0.25) is 5.91 Å². The molecule has 1 aromatic heterocycles. The molecule has 0 saturated carbocycles. The minimum Gasteiger partial charge on any atom is -0.356 e. The first kappa shape index (κ1) is 16.0. The minimum absolute atomic E-state index is 0.0564. The van der Waals surface area contributed by atoms with Gasteiger partial charge >= 0.3 is 0 Å². The number of rotatable bonds is 6. The standard InChI is InChI=1S/C18H26N4O/c1-13(6-2-3-10-19)22-12-21-16-9-4-7-14(17(16)22)15-8-5-11-20-18(15)23/h4,7,9,12-13,15H,2-3,5-6,8,10-11,19H2,1H3,(H,20,23). The summed E-state index contributed by atoms with van der Waals surface area (Å²) < 4.78 is 2.24. The summed E-state index contributed by atoms with van der Waals surface area (Å²) in [6, 6.07) is 6.49. The smallest absolute Gasteiger partial charge is 0.227 e. The van der Waals surface area contributed by atoms with Crippen molar-refractivity contribution in [1.82, 2.24) is 14.9 Å². The van der Waals surface area contributed by atoms with Crippen LogP contribution in [0.3, 0.4) is 0 Å². The van der Waals surface area contributed by atoms with Crippen LogP contribution in [0.5, 0.6) is 0 Å². The van der Waals surface area contributed by atoms with Gasteiger partial charge in [0.1, 0.15) is 0 Å². The molecular weight excluding hydrogens is 288 g/mol. The number of nitrogens with one attached hydrogen (secondary N) is 1. The predicted octanol–water partition coefficient (Wildman–Crippen LogP) is 2.72. The molecule has 23 heavy (non-hydrogen) atoms. The number of nitrogens with zero attached hydrogens (tertiary/aromatic N) is 2. The summed E-state index contributed by atoms with van der Waals surface area (Å²) in [4.78, 5) is 16.9. The van der Waals surface area contributed by atoms with E-state index in [9.17, 15) is 4.79 Å². The first-order chi connectivity index (χ1) is 11.2. The number of amides is 1. The van der Waals surface area contributed by atoms with Gasteiger partial charge in [-0.15, -0.1) is 0 Å². The highest BCUT2D eigenvalue weighted by molar-refractivity contribution is 5.90. The Morgan fingerprint density at radius 2 is 2.30 bits per heavy atom. The van der Waals surface area contributed by atoms with Crippen molar-refractivity contribution in [3.05, 3.63) is 30.1 Å². The molecule has 1 saturated heterocycles. The number of nitrogens with two attached hydrogens (primary N) is 1. The number of fused-ring (bicyclic) bond motifs is 1. The minimum atomic E-state index is -0.0564. The van der Waals surface area contributed by atoms with Crippen molar-refractivity contribution in [3.63, 3.8) is 0 Å². The maximum atomic E-state index is 12.3. The number of hydrogen-bond acceptors (Lipinski definition) is 3. The molecule has 3 rings (SSSR count). The van der Waals surface area contributed by atoms with Crippen LogP contribution in [-0.4, -0.2) is 28.5 Å². The van der Waals surface area contributed by atoms with E-state index in [1.807, 2.05) is 18.5 Å². The Morgan fingerprint density at radius 1 is 1.43 bits per heavy atom. The highest BCUT2D eigenvalue weighted by atomic mass is 16.1. The first-order valence-corrected chi connectivity index (χ1v) is 8.65. The van der Waals surface area contributed by atoms with Gasteiger partial charge in [-0.2, -0.15) is 0 Å². The third kappa shape index (κ3) is 3.24. The van der Waals surface area contributed by atoms with Crippen molar-refractivity contribution in [2.24, 2.45) is 5.73 Å². The Bertz CT molecular complexity index is 679. The van der Waals surface area contributed by atoms with E-state index in [1.54, 1.807) is 0 Å². The second kappa shape index (κ2) is 7.13. The average Bonchev–Trinajstić information content (AvgIpc) is 3.00. The van der Waals surface area contributed by atoms with Crippen molar-refractivity contribution >= 4 is 16.9 Å². The fourth-order valence-electron chi connectivity index (χ4n) is 3.52. The van der Waals surface area contributed by atoms with Gasteiger partial charge < -0.3 is 15.6 Å². The molecule has 1 aromatic carbocycles. The van der Waals surface area contributed by atoms with Crippen molar-refractivity contribution in [2.45, 2.75) is 51.0 Å². The molecule has 0 aliphatic carbocycles. The second-order valence-electron chi connectivity index (χ2n) is 6.49. The number of piperidine rings is 1. The molecule has 2 aromatic rings. The Labute approximate surface area is 137 Å². The molecule has 124 valence electrons. The number of carbonyl (C=O) groups is 1. The van der Waals surface area contributed by atoms with Gasteiger partial charge in [0.15, 0.2) is 0 Å². The molecule has 1 fully saturated rings. The molecule has 0 spiro atoms. The third-order valence-electron chi connectivity index (χ3n) is 4.84. The average molecular weight is 314 g/mol. The molecule has 2 atom stereocenters. The van der Waals surface area contributed by atoms with Crippen LogP contribution in [0, 0.1) is 0 Å². The second-order valence-corrected chi connectivity index (χ2v) is 6.49. The molecular formula is C18H26N4O. The number of unbranched alkanes of at least 4 members (excludes halogenated alkanes) is 1. The lowest BCUT2D eigenvalue weighted by molar-refractivity contribution is -0.123. The zero-order chi connectivity index (χ0) is 16.2. The van der Waals surface area contributed by atoms with E-state index in [2.05, 4.69) is 27.9 Å². The number of para-hydroxylation sites is 1. The normalized spacial score (nSPS) is 19.7. The quantitative estimate of drug-likeness (QED) is 0.805. The summed E-state index contributed by atoms with van der Waals surface area (Å²) in [5, 5.41) is 3.00. The lowest BCUT2D eigenvalue weighted by atomic mass is 9.89. The van der Waals surface area contributed by atoms with Gasteiger partial charge in [-0.3, -0.25) is 4.79 Å². The summed E-state index contributed by atoms with van der Waals surface area (Å²) in [6.07, 6.45) is 7.11.